The second-order valence-corrected chi connectivity index (χ2v) is 9.00. The minimum atomic E-state index is -0.414. The summed E-state index contributed by atoms with van der Waals surface area (Å²) in [7, 11) is 0. The maximum absolute atomic E-state index is 13.0. The average Bonchev–Trinajstić information content (AvgIpc) is 3.44. The monoisotopic (exact) mass is 458 g/mol. The van der Waals surface area contributed by atoms with E-state index in [2.05, 4.69) is 10.3 Å². The molecule has 0 radical (unpaired) electrons. The number of anilines is 1. The summed E-state index contributed by atoms with van der Waals surface area (Å²) in [4.78, 5) is 29.1. The normalized spacial score (nSPS) is 13.9. The molecule has 2 aromatic heterocycles. The number of aromatic nitrogens is 2. The summed E-state index contributed by atoms with van der Waals surface area (Å²) in [5, 5.41) is 11.7. The van der Waals surface area contributed by atoms with Crippen molar-refractivity contribution >= 4 is 67.4 Å². The summed E-state index contributed by atoms with van der Waals surface area (Å²) in [6.07, 6.45) is 4.46. The van der Waals surface area contributed by atoms with Gasteiger partial charge in [0.1, 0.15) is 0 Å². The number of rotatable bonds is 6. The quantitative estimate of drug-likeness (QED) is 0.0990. The summed E-state index contributed by atoms with van der Waals surface area (Å²) in [5.41, 5.74) is 16.0. The molecular weight excluding hydrogens is 436 g/mol. The lowest BCUT2D eigenvalue weighted by atomic mass is 9.95. The lowest BCUT2D eigenvalue weighted by Crippen LogP contribution is -2.22. The highest BCUT2D eigenvalue weighted by molar-refractivity contribution is 8.13. The third kappa shape index (κ3) is 3.66. The van der Waals surface area contributed by atoms with Gasteiger partial charge in [-0.05, 0) is 24.6 Å². The molecule has 1 aliphatic rings. The minimum absolute atomic E-state index is 0.0898. The SMILES string of the molecule is N=C(N)SCCCn1cc(C2=C(c3c[nH]c4ccccc34)C(=O)NC2=O)c2ccc(N)cc21. The smallest absolute Gasteiger partial charge is 0.259 e. The molecule has 0 unspecified atom stereocenters. The Balaban J connectivity index is 1.67. The maximum atomic E-state index is 13.0. The number of hydrogen-bond donors (Lipinski definition) is 5. The molecule has 0 aliphatic carbocycles. The Bertz CT molecular complexity index is 1480. The van der Waals surface area contributed by atoms with E-state index in [4.69, 9.17) is 16.9 Å². The van der Waals surface area contributed by atoms with Gasteiger partial charge in [-0.15, -0.1) is 0 Å². The number of nitrogens with two attached hydrogens (primary N) is 2. The third-order valence-electron chi connectivity index (χ3n) is 5.77. The second kappa shape index (κ2) is 8.18. The number of nitrogens with zero attached hydrogens (tertiary/aromatic N) is 1. The van der Waals surface area contributed by atoms with Crippen LogP contribution in [0, 0.1) is 5.41 Å². The van der Waals surface area contributed by atoms with Gasteiger partial charge >= 0.3 is 0 Å². The van der Waals surface area contributed by atoms with Crippen LogP contribution < -0.4 is 16.8 Å². The van der Waals surface area contributed by atoms with E-state index in [1.54, 1.807) is 12.3 Å². The maximum Gasteiger partial charge on any atom is 0.259 e. The number of amidine groups is 1. The first-order valence-electron chi connectivity index (χ1n) is 10.5. The topological polar surface area (TPSA) is 143 Å². The van der Waals surface area contributed by atoms with E-state index in [9.17, 15) is 9.59 Å². The number of aryl methyl sites for hydroxylation is 1. The van der Waals surface area contributed by atoms with Crippen molar-refractivity contribution < 1.29 is 9.59 Å². The Morgan fingerprint density at radius 1 is 1.03 bits per heavy atom. The fourth-order valence-electron chi connectivity index (χ4n) is 4.36. The number of H-pyrrole nitrogens is 1. The molecule has 0 spiro atoms. The van der Waals surface area contributed by atoms with Crippen LogP contribution in [0.1, 0.15) is 17.5 Å². The van der Waals surface area contributed by atoms with Crippen LogP contribution >= 0.6 is 11.8 Å². The van der Waals surface area contributed by atoms with Crippen LogP contribution in [0.4, 0.5) is 5.69 Å². The first-order valence-corrected chi connectivity index (χ1v) is 11.4. The zero-order valence-electron chi connectivity index (χ0n) is 17.6. The van der Waals surface area contributed by atoms with E-state index in [-0.39, 0.29) is 5.17 Å². The number of carbonyl (C=O) groups excluding carboxylic acids is 2. The zero-order chi connectivity index (χ0) is 23.1. The zero-order valence-corrected chi connectivity index (χ0v) is 18.5. The van der Waals surface area contributed by atoms with Crippen molar-refractivity contribution in [2.24, 2.45) is 5.73 Å². The second-order valence-electron chi connectivity index (χ2n) is 7.86. The van der Waals surface area contributed by atoms with Crippen molar-refractivity contribution in [2.75, 3.05) is 11.5 Å². The van der Waals surface area contributed by atoms with Crippen molar-refractivity contribution in [3.05, 3.63) is 66.0 Å². The first kappa shape index (κ1) is 20.9. The Labute approximate surface area is 193 Å². The predicted octanol–water partition coefficient (Wildman–Crippen LogP) is 3.29. The number of benzene rings is 2. The summed E-state index contributed by atoms with van der Waals surface area (Å²) in [5.74, 6) is -0.119. The molecule has 2 amide bonds. The third-order valence-corrected chi connectivity index (χ3v) is 6.57. The van der Waals surface area contributed by atoms with Gasteiger partial charge in [0, 0.05) is 57.8 Å². The van der Waals surface area contributed by atoms with Gasteiger partial charge in [0.15, 0.2) is 5.17 Å². The number of fused-ring (bicyclic) bond motifs is 2. The molecule has 0 atom stereocenters. The largest absolute Gasteiger partial charge is 0.399 e. The van der Waals surface area contributed by atoms with Crippen LogP contribution in [0.3, 0.4) is 0 Å². The molecule has 166 valence electrons. The average molecular weight is 459 g/mol. The Morgan fingerprint density at radius 3 is 2.58 bits per heavy atom. The number of carbonyl (C=O) groups is 2. The Kier molecular flexibility index (Phi) is 5.18. The number of imide groups is 1. The molecule has 7 N–H and O–H groups in total. The molecule has 5 rings (SSSR count). The molecule has 1 aliphatic heterocycles. The van der Waals surface area contributed by atoms with Crippen LogP contribution in [-0.4, -0.2) is 32.3 Å². The van der Waals surface area contributed by atoms with Crippen LogP contribution in [-0.2, 0) is 16.1 Å². The molecule has 9 heteroatoms. The fraction of sp³-hybridized carbons (Fsp3) is 0.125. The summed E-state index contributed by atoms with van der Waals surface area (Å²) in [6, 6.07) is 13.2. The van der Waals surface area contributed by atoms with Gasteiger partial charge < -0.3 is 21.0 Å². The molecule has 2 aromatic carbocycles. The lowest BCUT2D eigenvalue weighted by molar-refractivity contribution is -0.122. The molecule has 0 saturated carbocycles. The molecule has 8 nitrogen and oxygen atoms in total. The molecule has 0 fully saturated rings. The Hall–Kier alpha value is -3.98. The van der Waals surface area contributed by atoms with Crippen LogP contribution in [0.2, 0.25) is 0 Å². The minimum Gasteiger partial charge on any atom is -0.399 e. The number of thioether (sulfide) groups is 1. The number of nitrogens with one attached hydrogen (secondary N) is 3. The summed E-state index contributed by atoms with van der Waals surface area (Å²) >= 11 is 1.29. The van der Waals surface area contributed by atoms with E-state index in [0.29, 0.717) is 40.3 Å². The van der Waals surface area contributed by atoms with E-state index < -0.39 is 11.8 Å². The van der Waals surface area contributed by atoms with Gasteiger partial charge in [-0.2, -0.15) is 0 Å². The molecule has 3 heterocycles. The van der Waals surface area contributed by atoms with E-state index in [0.717, 1.165) is 28.2 Å². The van der Waals surface area contributed by atoms with Crippen LogP contribution in [0.15, 0.2) is 54.9 Å². The standard InChI is InChI=1S/C24H22N6O2S/c25-13-6-7-15-17(12-30(19(15)10-13)8-3-9-33-24(26)27)21-20(22(31)29-23(21)32)16-11-28-18-5-2-1-4-14(16)18/h1-2,4-7,10-12,28H,3,8-9,25H2,(H3,26,27)(H,29,31,32). The lowest BCUT2D eigenvalue weighted by Gasteiger charge is -2.05. The molecular formula is C24H22N6O2S. The predicted molar refractivity (Wildman–Crippen MR) is 134 cm³/mol. The molecule has 0 saturated heterocycles. The van der Waals surface area contributed by atoms with E-state index >= 15 is 0 Å². The summed E-state index contributed by atoms with van der Waals surface area (Å²) in [6.45, 7) is 0.658. The number of nitrogen functional groups attached to an aromatic ring is 1. The van der Waals surface area contributed by atoms with Crippen molar-refractivity contribution in [3.63, 3.8) is 0 Å². The van der Waals surface area contributed by atoms with Gasteiger partial charge in [-0.1, -0.05) is 36.0 Å². The number of para-hydroxylation sites is 1. The van der Waals surface area contributed by atoms with Gasteiger partial charge in [-0.3, -0.25) is 20.3 Å². The fourth-order valence-corrected chi connectivity index (χ4v) is 4.85. The Morgan fingerprint density at radius 2 is 1.79 bits per heavy atom. The van der Waals surface area contributed by atoms with Gasteiger partial charge in [0.05, 0.1) is 16.7 Å². The van der Waals surface area contributed by atoms with Crippen LogP contribution in [0.25, 0.3) is 33.0 Å². The number of hydrogen-bond acceptors (Lipinski definition) is 5. The molecule has 4 aromatic rings. The van der Waals surface area contributed by atoms with Crippen molar-refractivity contribution in [1.82, 2.24) is 14.9 Å². The van der Waals surface area contributed by atoms with E-state index in [1.165, 1.54) is 11.8 Å². The first-order chi connectivity index (χ1) is 15.9. The number of aromatic amines is 1. The number of amides is 2. The van der Waals surface area contributed by atoms with Crippen LogP contribution in [0.5, 0.6) is 0 Å². The highest BCUT2D eigenvalue weighted by atomic mass is 32.2. The van der Waals surface area contributed by atoms with Crippen molar-refractivity contribution in [3.8, 4) is 0 Å². The van der Waals surface area contributed by atoms with Gasteiger partial charge in [-0.25, -0.2) is 0 Å². The van der Waals surface area contributed by atoms with Gasteiger partial charge in [0.2, 0.25) is 0 Å². The van der Waals surface area contributed by atoms with Crippen molar-refractivity contribution in [1.29, 1.82) is 5.41 Å². The van der Waals surface area contributed by atoms with Crippen molar-refractivity contribution in [2.45, 2.75) is 13.0 Å². The van der Waals surface area contributed by atoms with Gasteiger partial charge in [0.25, 0.3) is 11.8 Å². The highest BCUT2D eigenvalue weighted by Gasteiger charge is 2.35. The highest BCUT2D eigenvalue weighted by Crippen LogP contribution is 2.38. The summed E-state index contributed by atoms with van der Waals surface area (Å²) < 4.78 is 2.04. The molecule has 33 heavy (non-hydrogen) atoms. The molecule has 0 bridgehead atoms. The van der Waals surface area contributed by atoms with E-state index in [1.807, 2.05) is 47.2 Å².